The lowest BCUT2D eigenvalue weighted by Crippen LogP contribution is -2.39. The number of methoxy groups -OCH3 is 1. The summed E-state index contributed by atoms with van der Waals surface area (Å²) in [6.45, 7) is 7.71. The summed E-state index contributed by atoms with van der Waals surface area (Å²) < 4.78 is 16.4. The van der Waals surface area contributed by atoms with Crippen molar-refractivity contribution in [1.82, 2.24) is 4.90 Å². The Labute approximate surface area is 201 Å². The van der Waals surface area contributed by atoms with Gasteiger partial charge in [0.05, 0.1) is 19.3 Å². The minimum Gasteiger partial charge on any atom is -0.495 e. The van der Waals surface area contributed by atoms with Crippen LogP contribution in [0.3, 0.4) is 0 Å². The van der Waals surface area contributed by atoms with E-state index in [4.69, 9.17) is 14.2 Å². The van der Waals surface area contributed by atoms with Crippen molar-refractivity contribution in [3.63, 3.8) is 0 Å². The molecule has 0 radical (unpaired) electrons. The van der Waals surface area contributed by atoms with Crippen LogP contribution >= 0.6 is 0 Å². The van der Waals surface area contributed by atoms with E-state index < -0.39 is 12.1 Å². The van der Waals surface area contributed by atoms with E-state index in [0.29, 0.717) is 49.4 Å². The first-order chi connectivity index (χ1) is 16.3. The molecule has 1 unspecified atom stereocenters. The van der Waals surface area contributed by atoms with Crippen molar-refractivity contribution in [2.45, 2.75) is 39.7 Å². The van der Waals surface area contributed by atoms with Crippen molar-refractivity contribution in [2.24, 2.45) is 5.92 Å². The van der Waals surface area contributed by atoms with Gasteiger partial charge < -0.3 is 29.5 Å². The summed E-state index contributed by atoms with van der Waals surface area (Å²) in [6.07, 6.45) is 0.293. The Morgan fingerprint density at radius 3 is 2.38 bits per heavy atom. The second-order valence-electron chi connectivity index (χ2n) is 8.28. The summed E-state index contributed by atoms with van der Waals surface area (Å²) in [6, 6.07) is 14.3. The maximum absolute atomic E-state index is 12.9. The molecule has 0 spiro atoms. The number of hydrogen-bond acceptors (Lipinski definition) is 5. The molecule has 0 bridgehead atoms. The number of aliphatic carboxylic acids is 1. The van der Waals surface area contributed by atoms with Gasteiger partial charge in [0.25, 0.3) is 0 Å². The average Bonchev–Trinajstić information content (AvgIpc) is 2.82. The number of urea groups is 1. The van der Waals surface area contributed by atoms with Gasteiger partial charge in [0.15, 0.2) is 6.10 Å². The third kappa shape index (κ3) is 8.94. The fourth-order valence-corrected chi connectivity index (χ4v) is 3.30. The van der Waals surface area contributed by atoms with Gasteiger partial charge in [0.1, 0.15) is 18.1 Å². The summed E-state index contributed by atoms with van der Waals surface area (Å²) in [5.74, 6) is 0.739. The Kier molecular flexibility index (Phi) is 11.2. The van der Waals surface area contributed by atoms with E-state index in [2.05, 4.69) is 19.2 Å². The molecule has 0 aliphatic carbocycles. The van der Waals surface area contributed by atoms with Crippen LogP contribution in [0.5, 0.6) is 11.5 Å². The standard InChI is InChI=1S/C26H36N2O6/c1-5-33-24(25(29)30)18-20-10-12-21(13-11-20)34-17-16-28(15-14-19(2)3)26(31)27-22-8-6-7-9-23(22)32-4/h6-13,19,24H,5,14-18H2,1-4H3,(H,27,31)(H,29,30). The molecule has 186 valence electrons. The van der Waals surface area contributed by atoms with Crippen molar-refractivity contribution in [2.75, 3.05) is 38.7 Å². The second-order valence-corrected chi connectivity index (χ2v) is 8.28. The zero-order valence-electron chi connectivity index (χ0n) is 20.5. The van der Waals surface area contributed by atoms with Crippen LogP contribution in [0, 0.1) is 5.92 Å². The number of para-hydroxylation sites is 2. The Morgan fingerprint density at radius 1 is 1.06 bits per heavy atom. The first-order valence-electron chi connectivity index (χ1n) is 11.6. The largest absolute Gasteiger partial charge is 0.495 e. The number of carbonyl (C=O) groups is 2. The number of ether oxygens (including phenoxy) is 3. The van der Waals surface area contributed by atoms with Crippen molar-refractivity contribution in [3.05, 3.63) is 54.1 Å². The summed E-state index contributed by atoms with van der Waals surface area (Å²) in [4.78, 5) is 25.9. The molecule has 2 aromatic carbocycles. The number of nitrogens with zero attached hydrogens (tertiary/aromatic N) is 1. The van der Waals surface area contributed by atoms with Crippen LogP contribution < -0.4 is 14.8 Å². The number of carbonyl (C=O) groups excluding carboxylic acids is 1. The lowest BCUT2D eigenvalue weighted by Gasteiger charge is -2.24. The Hall–Kier alpha value is -3.26. The molecule has 1 atom stereocenters. The summed E-state index contributed by atoms with van der Waals surface area (Å²) in [5, 5.41) is 12.2. The minimum absolute atomic E-state index is 0.209. The average molecular weight is 473 g/mol. The predicted octanol–water partition coefficient (Wildman–Crippen LogP) is 4.69. The Balaban J connectivity index is 1.94. The van der Waals surface area contributed by atoms with Gasteiger partial charge in [0, 0.05) is 19.6 Å². The summed E-state index contributed by atoms with van der Waals surface area (Å²) in [7, 11) is 1.57. The number of hydrogen-bond donors (Lipinski definition) is 2. The van der Waals surface area contributed by atoms with Gasteiger partial charge in [-0.25, -0.2) is 9.59 Å². The van der Waals surface area contributed by atoms with E-state index >= 15 is 0 Å². The third-order valence-electron chi connectivity index (χ3n) is 5.23. The minimum atomic E-state index is -0.977. The first kappa shape index (κ1) is 27.0. The van der Waals surface area contributed by atoms with Crippen molar-refractivity contribution >= 4 is 17.7 Å². The molecule has 0 saturated heterocycles. The van der Waals surface area contributed by atoms with Gasteiger partial charge in [0.2, 0.25) is 0 Å². The fraction of sp³-hybridized carbons (Fsp3) is 0.462. The number of nitrogens with one attached hydrogen (secondary N) is 1. The highest BCUT2D eigenvalue weighted by molar-refractivity contribution is 5.91. The molecule has 8 heteroatoms. The van der Waals surface area contributed by atoms with E-state index in [1.807, 2.05) is 24.3 Å². The Morgan fingerprint density at radius 2 is 1.76 bits per heavy atom. The van der Waals surface area contributed by atoms with E-state index in [-0.39, 0.29) is 12.5 Å². The normalized spacial score (nSPS) is 11.7. The van der Waals surface area contributed by atoms with Crippen LogP contribution in [0.15, 0.2) is 48.5 Å². The third-order valence-corrected chi connectivity index (χ3v) is 5.23. The highest BCUT2D eigenvalue weighted by Gasteiger charge is 2.18. The number of amides is 2. The smallest absolute Gasteiger partial charge is 0.333 e. The maximum Gasteiger partial charge on any atom is 0.333 e. The Bertz CT molecular complexity index is 900. The van der Waals surface area contributed by atoms with Gasteiger partial charge in [-0.3, -0.25) is 0 Å². The predicted molar refractivity (Wildman–Crippen MR) is 132 cm³/mol. The van der Waals surface area contributed by atoms with Crippen molar-refractivity contribution < 1.29 is 28.9 Å². The number of benzene rings is 2. The van der Waals surface area contributed by atoms with Gasteiger partial charge in [-0.15, -0.1) is 0 Å². The lowest BCUT2D eigenvalue weighted by molar-refractivity contribution is -0.149. The first-order valence-corrected chi connectivity index (χ1v) is 11.6. The zero-order valence-corrected chi connectivity index (χ0v) is 20.5. The van der Waals surface area contributed by atoms with Crippen LogP contribution in [-0.4, -0.2) is 61.5 Å². The molecule has 0 heterocycles. The maximum atomic E-state index is 12.9. The van der Waals surface area contributed by atoms with Gasteiger partial charge in [-0.1, -0.05) is 38.1 Å². The van der Waals surface area contributed by atoms with E-state index in [9.17, 15) is 14.7 Å². The van der Waals surface area contributed by atoms with Gasteiger partial charge in [-0.05, 0) is 49.1 Å². The summed E-state index contributed by atoms with van der Waals surface area (Å²) >= 11 is 0. The van der Waals surface area contributed by atoms with Crippen LogP contribution in [-0.2, 0) is 16.0 Å². The molecule has 2 aromatic rings. The van der Waals surface area contributed by atoms with Crippen LogP contribution in [0.25, 0.3) is 0 Å². The number of rotatable bonds is 14. The van der Waals surface area contributed by atoms with Gasteiger partial charge >= 0.3 is 12.0 Å². The van der Waals surface area contributed by atoms with Crippen molar-refractivity contribution in [3.8, 4) is 11.5 Å². The highest BCUT2D eigenvalue weighted by Crippen LogP contribution is 2.23. The molecule has 2 N–H and O–H groups in total. The van der Waals surface area contributed by atoms with Crippen LogP contribution in [0.1, 0.15) is 32.8 Å². The molecule has 0 aliphatic heterocycles. The SMILES string of the molecule is CCOC(Cc1ccc(OCCN(CCC(C)C)C(=O)Nc2ccccc2OC)cc1)C(=O)O. The summed E-state index contributed by atoms with van der Waals surface area (Å²) in [5.41, 5.74) is 1.47. The number of carboxylic acids is 1. The molecule has 34 heavy (non-hydrogen) atoms. The molecule has 0 aromatic heterocycles. The molecule has 0 fully saturated rings. The van der Waals surface area contributed by atoms with Crippen LogP contribution in [0.2, 0.25) is 0 Å². The highest BCUT2D eigenvalue weighted by atomic mass is 16.5. The molecule has 2 amide bonds. The topological polar surface area (TPSA) is 97.3 Å². The van der Waals surface area contributed by atoms with Crippen molar-refractivity contribution in [1.29, 1.82) is 0 Å². The number of carboxylic acid groups (broad SMARTS) is 1. The zero-order chi connectivity index (χ0) is 24.9. The molecule has 0 saturated carbocycles. The molecule has 8 nitrogen and oxygen atoms in total. The van der Waals surface area contributed by atoms with E-state index in [1.54, 1.807) is 43.2 Å². The monoisotopic (exact) mass is 472 g/mol. The second kappa shape index (κ2) is 14.1. The van der Waals surface area contributed by atoms with E-state index in [0.717, 1.165) is 12.0 Å². The van der Waals surface area contributed by atoms with Gasteiger partial charge in [-0.2, -0.15) is 0 Å². The molecular formula is C26H36N2O6. The lowest BCUT2D eigenvalue weighted by atomic mass is 10.1. The molecular weight excluding hydrogens is 436 g/mol. The molecule has 2 rings (SSSR count). The van der Waals surface area contributed by atoms with Crippen LogP contribution in [0.4, 0.5) is 10.5 Å². The number of anilines is 1. The quantitative estimate of drug-likeness (QED) is 0.414. The molecule has 0 aliphatic rings. The fourth-order valence-electron chi connectivity index (χ4n) is 3.30. The van der Waals surface area contributed by atoms with E-state index in [1.165, 1.54) is 0 Å².